The molecule has 1 N–H and O–H groups in total. The molecule has 4 nitrogen and oxygen atoms in total. The average molecular weight is 270 g/mol. The SMILES string of the molecule is CCOc1cccc(C(=O)NCc2cccc(C)n2)c1. The minimum absolute atomic E-state index is 0.130. The van der Waals surface area contributed by atoms with E-state index in [4.69, 9.17) is 4.74 Å². The molecule has 2 aromatic rings. The van der Waals surface area contributed by atoms with Crippen LogP contribution in [0.25, 0.3) is 0 Å². The molecule has 0 aliphatic rings. The van der Waals surface area contributed by atoms with E-state index in [0.717, 1.165) is 11.4 Å². The van der Waals surface area contributed by atoms with Crippen LogP contribution in [0.1, 0.15) is 28.7 Å². The Hall–Kier alpha value is -2.36. The zero-order valence-electron chi connectivity index (χ0n) is 11.7. The van der Waals surface area contributed by atoms with Crippen molar-refractivity contribution in [2.24, 2.45) is 0 Å². The minimum Gasteiger partial charge on any atom is -0.494 e. The van der Waals surface area contributed by atoms with Gasteiger partial charge < -0.3 is 10.1 Å². The van der Waals surface area contributed by atoms with Crippen molar-refractivity contribution in [3.8, 4) is 5.75 Å². The number of nitrogens with zero attached hydrogens (tertiary/aromatic N) is 1. The number of hydrogen-bond acceptors (Lipinski definition) is 3. The highest BCUT2D eigenvalue weighted by Crippen LogP contribution is 2.13. The van der Waals surface area contributed by atoms with E-state index in [-0.39, 0.29) is 5.91 Å². The number of rotatable bonds is 5. The first-order valence-electron chi connectivity index (χ1n) is 6.62. The largest absolute Gasteiger partial charge is 0.494 e. The third kappa shape index (κ3) is 3.82. The molecular weight excluding hydrogens is 252 g/mol. The van der Waals surface area contributed by atoms with E-state index in [1.54, 1.807) is 12.1 Å². The summed E-state index contributed by atoms with van der Waals surface area (Å²) in [5.41, 5.74) is 2.37. The monoisotopic (exact) mass is 270 g/mol. The number of ether oxygens (including phenoxy) is 1. The third-order valence-electron chi connectivity index (χ3n) is 2.78. The zero-order valence-corrected chi connectivity index (χ0v) is 11.7. The van der Waals surface area contributed by atoms with Gasteiger partial charge in [0.25, 0.3) is 5.91 Å². The van der Waals surface area contributed by atoms with Crippen molar-refractivity contribution in [2.45, 2.75) is 20.4 Å². The summed E-state index contributed by atoms with van der Waals surface area (Å²) >= 11 is 0. The van der Waals surface area contributed by atoms with Gasteiger partial charge in [0, 0.05) is 11.3 Å². The zero-order chi connectivity index (χ0) is 14.4. The Kier molecular flexibility index (Phi) is 4.71. The lowest BCUT2D eigenvalue weighted by Crippen LogP contribution is -2.23. The summed E-state index contributed by atoms with van der Waals surface area (Å²) in [6.07, 6.45) is 0. The number of hydrogen-bond donors (Lipinski definition) is 1. The van der Waals surface area contributed by atoms with Crippen LogP contribution in [-0.2, 0) is 6.54 Å². The second-order valence-electron chi connectivity index (χ2n) is 4.41. The van der Waals surface area contributed by atoms with Gasteiger partial charge in [-0.15, -0.1) is 0 Å². The lowest BCUT2D eigenvalue weighted by atomic mass is 10.2. The van der Waals surface area contributed by atoms with E-state index in [2.05, 4.69) is 10.3 Å². The molecule has 0 spiro atoms. The van der Waals surface area contributed by atoms with Crippen LogP contribution < -0.4 is 10.1 Å². The molecule has 1 aromatic carbocycles. The Balaban J connectivity index is 1.99. The molecule has 0 saturated carbocycles. The van der Waals surface area contributed by atoms with Crippen LogP contribution in [0, 0.1) is 6.92 Å². The normalized spacial score (nSPS) is 10.1. The Morgan fingerprint density at radius 3 is 2.80 bits per heavy atom. The molecule has 1 aromatic heterocycles. The van der Waals surface area contributed by atoms with Crippen LogP contribution in [0.5, 0.6) is 5.75 Å². The van der Waals surface area contributed by atoms with E-state index in [1.165, 1.54) is 0 Å². The Morgan fingerprint density at radius 1 is 1.25 bits per heavy atom. The lowest BCUT2D eigenvalue weighted by molar-refractivity contribution is 0.0950. The van der Waals surface area contributed by atoms with Crippen LogP contribution in [0.15, 0.2) is 42.5 Å². The molecule has 20 heavy (non-hydrogen) atoms. The molecule has 0 radical (unpaired) electrons. The van der Waals surface area contributed by atoms with Crippen molar-refractivity contribution in [3.63, 3.8) is 0 Å². The quantitative estimate of drug-likeness (QED) is 0.908. The average Bonchev–Trinajstić information content (AvgIpc) is 2.45. The van der Waals surface area contributed by atoms with Gasteiger partial charge in [-0.1, -0.05) is 12.1 Å². The second-order valence-corrected chi connectivity index (χ2v) is 4.41. The molecule has 0 aliphatic heterocycles. The Morgan fingerprint density at radius 2 is 2.05 bits per heavy atom. The summed E-state index contributed by atoms with van der Waals surface area (Å²) in [7, 11) is 0. The van der Waals surface area contributed by atoms with Crippen LogP contribution in [0.3, 0.4) is 0 Å². The molecule has 1 heterocycles. The lowest BCUT2D eigenvalue weighted by Gasteiger charge is -2.07. The number of aromatic nitrogens is 1. The van der Waals surface area contributed by atoms with E-state index in [9.17, 15) is 4.79 Å². The van der Waals surface area contributed by atoms with Crippen LogP contribution in [-0.4, -0.2) is 17.5 Å². The standard InChI is InChI=1S/C16H18N2O2/c1-3-20-15-9-5-7-13(10-15)16(19)17-11-14-8-4-6-12(2)18-14/h4-10H,3,11H2,1-2H3,(H,17,19). The van der Waals surface area contributed by atoms with Gasteiger partial charge in [0.15, 0.2) is 0 Å². The van der Waals surface area contributed by atoms with Crippen LogP contribution in [0.2, 0.25) is 0 Å². The van der Waals surface area contributed by atoms with Crippen molar-refractivity contribution >= 4 is 5.91 Å². The van der Waals surface area contributed by atoms with E-state index >= 15 is 0 Å². The number of nitrogens with one attached hydrogen (secondary N) is 1. The number of benzene rings is 1. The fourth-order valence-electron chi connectivity index (χ4n) is 1.86. The van der Waals surface area contributed by atoms with Crippen molar-refractivity contribution in [2.75, 3.05) is 6.61 Å². The summed E-state index contributed by atoms with van der Waals surface area (Å²) in [4.78, 5) is 16.4. The summed E-state index contributed by atoms with van der Waals surface area (Å²) in [6, 6.07) is 12.9. The van der Waals surface area contributed by atoms with E-state index in [1.807, 2.05) is 44.2 Å². The van der Waals surface area contributed by atoms with Crippen LogP contribution in [0.4, 0.5) is 0 Å². The number of pyridine rings is 1. The van der Waals surface area contributed by atoms with Gasteiger partial charge >= 0.3 is 0 Å². The molecule has 0 atom stereocenters. The maximum absolute atomic E-state index is 12.1. The number of amides is 1. The van der Waals surface area contributed by atoms with Crippen molar-refractivity contribution in [3.05, 3.63) is 59.4 Å². The fraction of sp³-hybridized carbons (Fsp3) is 0.250. The predicted molar refractivity (Wildman–Crippen MR) is 77.8 cm³/mol. The number of carbonyl (C=O) groups excluding carboxylic acids is 1. The highest BCUT2D eigenvalue weighted by molar-refractivity contribution is 5.94. The van der Waals surface area contributed by atoms with Gasteiger partial charge in [0.1, 0.15) is 5.75 Å². The molecular formula is C16H18N2O2. The molecule has 2 rings (SSSR count). The maximum Gasteiger partial charge on any atom is 0.251 e. The smallest absolute Gasteiger partial charge is 0.251 e. The van der Waals surface area contributed by atoms with Gasteiger partial charge in [0.2, 0.25) is 0 Å². The Labute approximate surface area is 118 Å². The minimum atomic E-state index is -0.130. The third-order valence-corrected chi connectivity index (χ3v) is 2.78. The highest BCUT2D eigenvalue weighted by atomic mass is 16.5. The van der Waals surface area contributed by atoms with Crippen molar-refractivity contribution in [1.29, 1.82) is 0 Å². The number of aryl methyl sites for hydroxylation is 1. The summed E-state index contributed by atoms with van der Waals surface area (Å²) in [6.45, 7) is 4.84. The van der Waals surface area contributed by atoms with Gasteiger partial charge in [-0.25, -0.2) is 0 Å². The van der Waals surface area contributed by atoms with E-state index < -0.39 is 0 Å². The highest BCUT2D eigenvalue weighted by Gasteiger charge is 2.06. The van der Waals surface area contributed by atoms with Gasteiger partial charge in [0.05, 0.1) is 18.8 Å². The molecule has 0 saturated heterocycles. The van der Waals surface area contributed by atoms with Crippen molar-refractivity contribution < 1.29 is 9.53 Å². The predicted octanol–water partition coefficient (Wildman–Crippen LogP) is 2.72. The van der Waals surface area contributed by atoms with Crippen molar-refractivity contribution in [1.82, 2.24) is 10.3 Å². The van der Waals surface area contributed by atoms with E-state index in [0.29, 0.717) is 24.5 Å². The molecule has 0 aliphatic carbocycles. The van der Waals surface area contributed by atoms with Gasteiger partial charge in [-0.3, -0.25) is 9.78 Å². The summed E-state index contributed by atoms with van der Waals surface area (Å²) in [5, 5.41) is 2.85. The molecule has 104 valence electrons. The summed E-state index contributed by atoms with van der Waals surface area (Å²) in [5.74, 6) is 0.573. The van der Waals surface area contributed by atoms with Gasteiger partial charge in [-0.2, -0.15) is 0 Å². The molecule has 4 heteroatoms. The fourth-order valence-corrected chi connectivity index (χ4v) is 1.86. The topological polar surface area (TPSA) is 51.2 Å². The molecule has 0 unspecified atom stereocenters. The first kappa shape index (κ1) is 14.1. The molecule has 0 fully saturated rings. The number of carbonyl (C=O) groups is 1. The molecule has 1 amide bonds. The van der Waals surface area contributed by atoms with Crippen LogP contribution >= 0.6 is 0 Å². The molecule has 0 bridgehead atoms. The first-order chi connectivity index (χ1) is 9.69. The maximum atomic E-state index is 12.1. The van der Waals surface area contributed by atoms with Gasteiger partial charge in [-0.05, 0) is 44.2 Å². The first-order valence-corrected chi connectivity index (χ1v) is 6.62. The summed E-state index contributed by atoms with van der Waals surface area (Å²) < 4.78 is 5.38. The Bertz CT molecular complexity index is 597. The second kappa shape index (κ2) is 6.70.